The van der Waals surface area contributed by atoms with E-state index in [0.717, 1.165) is 35.3 Å². The van der Waals surface area contributed by atoms with Crippen molar-refractivity contribution in [3.63, 3.8) is 0 Å². The molecule has 4 aromatic rings. The summed E-state index contributed by atoms with van der Waals surface area (Å²) in [7, 11) is 0. The lowest BCUT2D eigenvalue weighted by Crippen LogP contribution is -2.33. The predicted octanol–water partition coefficient (Wildman–Crippen LogP) is 4.43. The van der Waals surface area contributed by atoms with E-state index in [1.165, 1.54) is 12.1 Å². The minimum Gasteiger partial charge on any atom is -0.443 e. The summed E-state index contributed by atoms with van der Waals surface area (Å²) >= 11 is 0. The molecule has 7 heteroatoms. The van der Waals surface area contributed by atoms with Crippen molar-refractivity contribution < 1.29 is 13.6 Å². The number of aryl methyl sites for hydroxylation is 1. The Kier molecular flexibility index (Phi) is 5.02. The first-order chi connectivity index (χ1) is 15.1. The highest BCUT2D eigenvalue weighted by atomic mass is 19.1. The van der Waals surface area contributed by atoms with Crippen LogP contribution in [0.3, 0.4) is 0 Å². The standard InChI is InChI=1S/C24H23FN4O2/c1-16-27-20-5-2-3-6-21(20)29(16)15-23(30)28-12-4-7-22(28)24-26-14-19(31-24)13-17-8-10-18(25)11-9-17/h2-3,5-6,8-11,14,22H,4,7,12-13,15H2,1H3/t22-/m1/s1. The molecule has 0 bridgehead atoms. The monoisotopic (exact) mass is 418 g/mol. The molecule has 0 N–H and O–H groups in total. The van der Waals surface area contributed by atoms with Gasteiger partial charge in [-0.15, -0.1) is 0 Å². The Bertz CT molecular complexity index is 1230. The van der Waals surface area contributed by atoms with Crippen LogP contribution in [0, 0.1) is 12.7 Å². The van der Waals surface area contributed by atoms with Gasteiger partial charge < -0.3 is 13.9 Å². The second-order valence-electron chi connectivity index (χ2n) is 7.95. The second-order valence-corrected chi connectivity index (χ2v) is 7.95. The number of oxazole rings is 1. The fraction of sp³-hybridized carbons (Fsp3) is 0.292. The molecule has 1 saturated heterocycles. The van der Waals surface area contributed by atoms with E-state index in [4.69, 9.17) is 4.42 Å². The number of hydrogen-bond acceptors (Lipinski definition) is 4. The molecule has 2 aromatic heterocycles. The van der Waals surface area contributed by atoms with Gasteiger partial charge in [-0.1, -0.05) is 24.3 Å². The molecule has 1 atom stereocenters. The molecule has 0 aliphatic carbocycles. The van der Waals surface area contributed by atoms with Crippen LogP contribution in [0.25, 0.3) is 11.0 Å². The summed E-state index contributed by atoms with van der Waals surface area (Å²) in [4.78, 5) is 24.1. The lowest BCUT2D eigenvalue weighted by Gasteiger charge is -2.23. The summed E-state index contributed by atoms with van der Waals surface area (Å²) in [6.45, 7) is 2.85. The molecule has 158 valence electrons. The third-order valence-electron chi connectivity index (χ3n) is 5.86. The summed E-state index contributed by atoms with van der Waals surface area (Å²) in [6.07, 6.45) is 3.98. The average molecular weight is 418 g/mol. The van der Waals surface area contributed by atoms with Gasteiger partial charge >= 0.3 is 0 Å². The van der Waals surface area contributed by atoms with Crippen LogP contribution in [-0.4, -0.2) is 31.9 Å². The van der Waals surface area contributed by atoms with E-state index in [0.29, 0.717) is 24.6 Å². The Labute approximate surface area is 179 Å². The Morgan fingerprint density at radius 2 is 2.00 bits per heavy atom. The summed E-state index contributed by atoms with van der Waals surface area (Å²) in [6, 6.07) is 14.0. The van der Waals surface area contributed by atoms with Crippen LogP contribution in [0.2, 0.25) is 0 Å². The number of amides is 1. The number of carbonyl (C=O) groups is 1. The lowest BCUT2D eigenvalue weighted by atomic mass is 10.1. The molecule has 31 heavy (non-hydrogen) atoms. The first-order valence-electron chi connectivity index (χ1n) is 10.5. The summed E-state index contributed by atoms with van der Waals surface area (Å²) in [5, 5.41) is 0. The van der Waals surface area contributed by atoms with E-state index in [2.05, 4.69) is 9.97 Å². The molecule has 0 saturated carbocycles. The zero-order chi connectivity index (χ0) is 21.4. The van der Waals surface area contributed by atoms with E-state index in [1.807, 2.05) is 40.7 Å². The molecule has 5 rings (SSSR count). The molecule has 0 radical (unpaired) electrons. The maximum absolute atomic E-state index is 13.2. The van der Waals surface area contributed by atoms with Crippen LogP contribution in [0.5, 0.6) is 0 Å². The van der Waals surface area contributed by atoms with Crippen LogP contribution in [0.1, 0.15) is 41.9 Å². The number of likely N-dealkylation sites (tertiary alicyclic amines) is 1. The van der Waals surface area contributed by atoms with Crippen molar-refractivity contribution in [1.82, 2.24) is 19.4 Å². The highest BCUT2D eigenvalue weighted by molar-refractivity contribution is 5.81. The third-order valence-corrected chi connectivity index (χ3v) is 5.86. The molecule has 2 aromatic carbocycles. The maximum Gasteiger partial charge on any atom is 0.243 e. The Balaban J connectivity index is 1.32. The smallest absolute Gasteiger partial charge is 0.243 e. The number of halogens is 1. The van der Waals surface area contributed by atoms with Crippen molar-refractivity contribution in [2.24, 2.45) is 0 Å². The average Bonchev–Trinajstić information content (AvgIpc) is 3.49. The molecule has 1 aliphatic rings. The molecule has 0 spiro atoms. The molecular formula is C24H23FN4O2. The van der Waals surface area contributed by atoms with Gasteiger partial charge in [-0.2, -0.15) is 0 Å². The number of benzene rings is 2. The first kappa shape index (κ1) is 19.5. The van der Waals surface area contributed by atoms with Gasteiger partial charge in [-0.25, -0.2) is 14.4 Å². The highest BCUT2D eigenvalue weighted by Crippen LogP contribution is 2.32. The number of carbonyl (C=O) groups excluding carboxylic acids is 1. The number of rotatable bonds is 5. The fourth-order valence-electron chi connectivity index (χ4n) is 4.31. The maximum atomic E-state index is 13.2. The molecule has 1 amide bonds. The van der Waals surface area contributed by atoms with E-state index in [9.17, 15) is 9.18 Å². The minimum absolute atomic E-state index is 0.0343. The van der Waals surface area contributed by atoms with Gasteiger partial charge in [0, 0.05) is 13.0 Å². The zero-order valence-electron chi connectivity index (χ0n) is 17.3. The fourth-order valence-corrected chi connectivity index (χ4v) is 4.31. The van der Waals surface area contributed by atoms with Crippen molar-refractivity contribution in [3.05, 3.63) is 83.6 Å². The van der Waals surface area contributed by atoms with Crippen LogP contribution >= 0.6 is 0 Å². The van der Waals surface area contributed by atoms with E-state index in [-0.39, 0.29) is 24.3 Å². The summed E-state index contributed by atoms with van der Waals surface area (Å²) < 4.78 is 21.1. The lowest BCUT2D eigenvalue weighted by molar-refractivity contribution is -0.133. The Morgan fingerprint density at radius 3 is 2.84 bits per heavy atom. The molecule has 6 nitrogen and oxygen atoms in total. The number of fused-ring (bicyclic) bond motifs is 1. The van der Waals surface area contributed by atoms with Crippen molar-refractivity contribution in [2.75, 3.05) is 6.54 Å². The van der Waals surface area contributed by atoms with Crippen molar-refractivity contribution in [3.8, 4) is 0 Å². The second kappa shape index (κ2) is 7.98. The SMILES string of the molecule is Cc1nc2ccccc2n1CC(=O)N1CCC[C@@H]1c1ncc(Cc2ccc(F)cc2)o1. The normalized spacial score (nSPS) is 16.3. The molecular weight excluding hydrogens is 395 g/mol. The van der Waals surface area contributed by atoms with Gasteiger partial charge in [0.1, 0.15) is 30.0 Å². The number of para-hydroxylation sites is 2. The van der Waals surface area contributed by atoms with Gasteiger partial charge in [0.25, 0.3) is 0 Å². The van der Waals surface area contributed by atoms with Crippen molar-refractivity contribution in [2.45, 2.75) is 38.8 Å². The number of hydrogen-bond donors (Lipinski definition) is 0. The quantitative estimate of drug-likeness (QED) is 0.481. The number of imidazole rings is 1. The van der Waals surface area contributed by atoms with Crippen LogP contribution in [-0.2, 0) is 17.8 Å². The van der Waals surface area contributed by atoms with E-state index in [1.54, 1.807) is 18.3 Å². The molecule has 3 heterocycles. The zero-order valence-corrected chi connectivity index (χ0v) is 17.3. The van der Waals surface area contributed by atoms with Gasteiger partial charge in [-0.3, -0.25) is 4.79 Å². The van der Waals surface area contributed by atoms with Gasteiger partial charge in [0.15, 0.2) is 0 Å². The van der Waals surface area contributed by atoms with Crippen LogP contribution in [0.15, 0.2) is 59.1 Å². The topological polar surface area (TPSA) is 64.2 Å². The molecule has 1 fully saturated rings. The van der Waals surface area contributed by atoms with Gasteiger partial charge in [0.05, 0.1) is 17.2 Å². The number of aromatic nitrogens is 3. The Morgan fingerprint density at radius 1 is 1.19 bits per heavy atom. The number of nitrogens with zero attached hydrogens (tertiary/aromatic N) is 4. The molecule has 1 aliphatic heterocycles. The van der Waals surface area contributed by atoms with Crippen molar-refractivity contribution in [1.29, 1.82) is 0 Å². The van der Waals surface area contributed by atoms with E-state index < -0.39 is 0 Å². The summed E-state index contributed by atoms with van der Waals surface area (Å²) in [5.41, 5.74) is 2.80. The highest BCUT2D eigenvalue weighted by Gasteiger charge is 2.33. The molecule has 0 unspecified atom stereocenters. The Hall–Kier alpha value is -3.48. The van der Waals surface area contributed by atoms with Gasteiger partial charge in [-0.05, 0) is 49.6 Å². The minimum atomic E-state index is -0.261. The van der Waals surface area contributed by atoms with Crippen LogP contribution in [0.4, 0.5) is 4.39 Å². The third kappa shape index (κ3) is 3.83. The largest absolute Gasteiger partial charge is 0.443 e. The van der Waals surface area contributed by atoms with Crippen molar-refractivity contribution >= 4 is 16.9 Å². The van der Waals surface area contributed by atoms with E-state index >= 15 is 0 Å². The first-order valence-corrected chi connectivity index (χ1v) is 10.5. The van der Waals surface area contributed by atoms with Gasteiger partial charge in [0.2, 0.25) is 11.8 Å². The summed E-state index contributed by atoms with van der Waals surface area (Å²) in [5.74, 6) is 1.87. The van der Waals surface area contributed by atoms with Crippen LogP contribution < -0.4 is 0 Å². The predicted molar refractivity (Wildman–Crippen MR) is 114 cm³/mol.